The fraction of sp³-hybridized carbons (Fsp3) is 0.556. The highest BCUT2D eigenvalue weighted by molar-refractivity contribution is 7.98. The van der Waals surface area contributed by atoms with Gasteiger partial charge in [0.25, 0.3) is 5.56 Å². The Hall–Kier alpha value is -2.09. The Bertz CT molecular complexity index is 1050. The number of carbonyl (C=O) groups is 1. The van der Waals surface area contributed by atoms with Crippen LogP contribution in [0.25, 0.3) is 0 Å². The molecule has 1 unspecified atom stereocenters. The molecule has 7 heteroatoms. The maximum atomic E-state index is 14.0. The Morgan fingerprint density at radius 3 is 2.76 bits per heavy atom. The van der Waals surface area contributed by atoms with Crippen molar-refractivity contribution >= 4 is 17.7 Å². The quantitative estimate of drug-likeness (QED) is 0.414. The van der Waals surface area contributed by atoms with Gasteiger partial charge in [-0.2, -0.15) is 0 Å². The molecule has 2 fully saturated rings. The average molecular weight is 484 g/mol. The van der Waals surface area contributed by atoms with Gasteiger partial charge in [-0.05, 0) is 79.6 Å². The van der Waals surface area contributed by atoms with E-state index in [1.165, 1.54) is 16.0 Å². The Balaban J connectivity index is 1.57. The fourth-order valence-electron chi connectivity index (χ4n) is 5.01. The van der Waals surface area contributed by atoms with Crippen LogP contribution in [0.2, 0.25) is 0 Å². The lowest BCUT2D eigenvalue weighted by Gasteiger charge is -2.36. The first-order valence-corrected chi connectivity index (χ1v) is 13.6. The second-order valence-electron chi connectivity index (χ2n) is 9.55. The van der Waals surface area contributed by atoms with Gasteiger partial charge < -0.3 is 19.5 Å². The number of nitrogens with zero attached hydrogens (tertiary/aromatic N) is 2. The Morgan fingerprint density at radius 1 is 1.24 bits per heavy atom. The smallest absolute Gasteiger partial charge is 0.250 e. The number of hydrogen-bond acceptors (Lipinski definition) is 5. The molecule has 1 amide bonds. The topological polar surface area (TPSA) is 63.6 Å². The molecule has 2 aliphatic rings. The number of benzene rings is 1. The number of nitrogens with one attached hydrogen (secondary N) is 1. The number of aryl methyl sites for hydroxylation is 2. The van der Waals surface area contributed by atoms with E-state index in [0.29, 0.717) is 19.1 Å². The zero-order valence-electron chi connectivity index (χ0n) is 20.6. The monoisotopic (exact) mass is 483 g/mol. The van der Waals surface area contributed by atoms with Gasteiger partial charge in [0.05, 0.1) is 5.92 Å². The number of piperidine rings is 1. The number of methoxy groups -OCH3 is 1. The Morgan fingerprint density at radius 2 is 2.06 bits per heavy atom. The lowest BCUT2D eigenvalue weighted by molar-refractivity contribution is -0.138. The van der Waals surface area contributed by atoms with Crippen molar-refractivity contribution in [2.24, 2.45) is 13.0 Å². The van der Waals surface area contributed by atoms with Crippen molar-refractivity contribution < 1.29 is 9.53 Å². The van der Waals surface area contributed by atoms with Crippen LogP contribution in [-0.2, 0) is 29.5 Å². The van der Waals surface area contributed by atoms with Crippen LogP contribution in [0, 0.1) is 5.92 Å². The maximum absolute atomic E-state index is 14.0. The summed E-state index contributed by atoms with van der Waals surface area (Å²) < 4.78 is 6.80. The first kappa shape index (κ1) is 25.0. The van der Waals surface area contributed by atoms with Crippen LogP contribution in [0.4, 0.5) is 0 Å². The van der Waals surface area contributed by atoms with Crippen molar-refractivity contribution in [1.82, 2.24) is 14.8 Å². The molecule has 1 saturated carbocycles. The molecule has 4 rings (SSSR count). The van der Waals surface area contributed by atoms with Crippen LogP contribution in [0.5, 0.6) is 0 Å². The average Bonchev–Trinajstić information content (AvgIpc) is 3.69. The van der Waals surface area contributed by atoms with Crippen LogP contribution in [-0.4, -0.2) is 54.5 Å². The van der Waals surface area contributed by atoms with Crippen LogP contribution in [0.1, 0.15) is 48.3 Å². The van der Waals surface area contributed by atoms with Gasteiger partial charge in [0, 0.05) is 57.1 Å². The molecule has 0 bridgehead atoms. The highest BCUT2D eigenvalue weighted by Gasteiger charge is 2.40. The summed E-state index contributed by atoms with van der Waals surface area (Å²) in [5.74, 6) is 0.144. The van der Waals surface area contributed by atoms with Gasteiger partial charge in [-0.1, -0.05) is 12.1 Å². The minimum absolute atomic E-state index is 0.0174. The van der Waals surface area contributed by atoms with E-state index in [2.05, 4.69) is 34.7 Å². The van der Waals surface area contributed by atoms with E-state index >= 15 is 0 Å². The van der Waals surface area contributed by atoms with Gasteiger partial charge in [0.1, 0.15) is 0 Å². The molecule has 1 aromatic heterocycles. The molecule has 1 aromatic carbocycles. The van der Waals surface area contributed by atoms with Crippen molar-refractivity contribution in [1.29, 1.82) is 0 Å². The standard InChI is InChI=1S/C27H37N3O3S/c1-29-13-11-20(16-26(29)31)23-10-12-28-17-24(23)27(32)30(22-7-8-22)18-21-15-19(5-4-14-33-2)6-9-25(21)34-3/h6,9,11,13,15-16,22-24,28H,4-5,7-8,10,12,14,17-18H2,1-3H3/t23?,24-/m0/s1. The van der Waals surface area contributed by atoms with Crippen LogP contribution in [0.15, 0.2) is 46.2 Å². The maximum Gasteiger partial charge on any atom is 0.250 e. The van der Waals surface area contributed by atoms with E-state index < -0.39 is 0 Å². The minimum Gasteiger partial charge on any atom is -0.385 e. The molecular weight excluding hydrogens is 446 g/mol. The molecule has 0 spiro atoms. The molecule has 0 radical (unpaired) electrons. The zero-order valence-corrected chi connectivity index (χ0v) is 21.4. The summed E-state index contributed by atoms with van der Waals surface area (Å²) in [5, 5.41) is 3.43. The van der Waals surface area contributed by atoms with Crippen molar-refractivity contribution in [3.63, 3.8) is 0 Å². The number of rotatable bonds is 10. The number of carbonyl (C=O) groups excluding carboxylic acids is 1. The van der Waals surface area contributed by atoms with Crippen molar-refractivity contribution in [3.05, 3.63) is 63.6 Å². The SMILES string of the molecule is COCCCc1ccc(SC)c(CN(C(=O)[C@H]2CNCCC2c2ccn(C)c(=O)c2)C2CC2)c1. The number of hydrogen-bond donors (Lipinski definition) is 1. The third kappa shape index (κ3) is 5.93. The molecular formula is C27H37N3O3S. The van der Waals surface area contributed by atoms with Gasteiger partial charge in [-0.3, -0.25) is 9.59 Å². The molecule has 6 nitrogen and oxygen atoms in total. The molecule has 1 N–H and O–H groups in total. The molecule has 1 aliphatic carbocycles. The third-order valence-electron chi connectivity index (χ3n) is 7.13. The molecule has 34 heavy (non-hydrogen) atoms. The molecule has 1 aliphatic heterocycles. The van der Waals surface area contributed by atoms with Gasteiger partial charge in [-0.15, -0.1) is 11.8 Å². The van der Waals surface area contributed by atoms with Gasteiger partial charge in [-0.25, -0.2) is 0 Å². The van der Waals surface area contributed by atoms with Crippen molar-refractivity contribution in [2.75, 3.05) is 33.1 Å². The van der Waals surface area contributed by atoms with Gasteiger partial charge in [0.15, 0.2) is 0 Å². The molecule has 184 valence electrons. The summed E-state index contributed by atoms with van der Waals surface area (Å²) in [6.07, 6.45) is 8.90. The summed E-state index contributed by atoms with van der Waals surface area (Å²) in [6.45, 7) is 2.93. The zero-order chi connectivity index (χ0) is 24.1. The van der Waals surface area contributed by atoms with Gasteiger partial charge in [0.2, 0.25) is 5.91 Å². The first-order valence-electron chi connectivity index (χ1n) is 12.3. The van der Waals surface area contributed by atoms with Gasteiger partial charge >= 0.3 is 0 Å². The normalized spacial score (nSPS) is 20.3. The number of ether oxygens (including phenoxy) is 1. The second-order valence-corrected chi connectivity index (χ2v) is 10.4. The predicted molar refractivity (Wildman–Crippen MR) is 137 cm³/mol. The Labute approximate surface area is 207 Å². The number of aromatic nitrogens is 1. The van der Waals surface area contributed by atoms with Crippen molar-refractivity contribution in [3.8, 4) is 0 Å². The number of pyridine rings is 1. The van der Waals surface area contributed by atoms with E-state index in [1.54, 1.807) is 36.6 Å². The van der Waals surface area contributed by atoms with E-state index in [0.717, 1.165) is 50.8 Å². The molecule has 2 heterocycles. The molecule has 2 atom stereocenters. The summed E-state index contributed by atoms with van der Waals surface area (Å²) in [6, 6.07) is 10.7. The highest BCUT2D eigenvalue weighted by Crippen LogP contribution is 2.36. The Kier molecular flexibility index (Phi) is 8.51. The lowest BCUT2D eigenvalue weighted by Crippen LogP contribution is -2.47. The molecule has 2 aromatic rings. The number of thioether (sulfide) groups is 1. The summed E-state index contributed by atoms with van der Waals surface area (Å²) in [7, 11) is 3.50. The predicted octanol–water partition coefficient (Wildman–Crippen LogP) is 3.57. The van der Waals surface area contributed by atoms with Crippen LogP contribution < -0.4 is 10.9 Å². The summed E-state index contributed by atoms with van der Waals surface area (Å²) in [4.78, 5) is 29.6. The lowest BCUT2D eigenvalue weighted by atomic mass is 9.80. The summed E-state index contributed by atoms with van der Waals surface area (Å²) >= 11 is 1.74. The second kappa shape index (κ2) is 11.6. The summed E-state index contributed by atoms with van der Waals surface area (Å²) in [5.41, 5.74) is 3.50. The van der Waals surface area contributed by atoms with Crippen molar-refractivity contribution in [2.45, 2.75) is 55.5 Å². The fourth-order valence-corrected chi connectivity index (χ4v) is 5.60. The van der Waals surface area contributed by atoms with E-state index in [9.17, 15) is 9.59 Å². The molecule has 1 saturated heterocycles. The highest BCUT2D eigenvalue weighted by atomic mass is 32.2. The van der Waals surface area contributed by atoms with Crippen LogP contribution in [0.3, 0.4) is 0 Å². The largest absolute Gasteiger partial charge is 0.385 e. The van der Waals surface area contributed by atoms with E-state index in [4.69, 9.17) is 4.74 Å². The minimum atomic E-state index is -0.149. The van der Waals surface area contributed by atoms with Crippen LogP contribution >= 0.6 is 11.8 Å². The number of amides is 1. The first-order chi connectivity index (χ1) is 16.5. The van der Waals surface area contributed by atoms with E-state index in [1.807, 2.05) is 12.3 Å². The van der Waals surface area contributed by atoms with E-state index in [-0.39, 0.29) is 23.3 Å². The third-order valence-corrected chi connectivity index (χ3v) is 7.96.